The number of benzene rings is 6. The van der Waals surface area contributed by atoms with Crippen molar-refractivity contribution in [3.05, 3.63) is 192 Å². The van der Waals surface area contributed by atoms with Gasteiger partial charge in [0.2, 0.25) is 0 Å². The molecule has 4 heteroatoms. The summed E-state index contributed by atoms with van der Waals surface area (Å²) in [6, 6.07) is 36.6. The normalized spacial score (nSPS) is 17.5. The van der Waals surface area contributed by atoms with E-state index in [1.807, 2.05) is 6.92 Å². The maximum absolute atomic E-state index is 6.74. The first-order valence-electron chi connectivity index (χ1n) is 24.5. The van der Waals surface area contributed by atoms with Crippen molar-refractivity contribution in [3.8, 4) is 29.4 Å². The van der Waals surface area contributed by atoms with Gasteiger partial charge >= 0.3 is 0 Å². The molecule has 0 radical (unpaired) electrons. The maximum atomic E-state index is 6.74. The van der Waals surface area contributed by atoms with Crippen LogP contribution in [0, 0.1) is 37.5 Å². The minimum absolute atomic E-state index is 0.0369. The second-order valence-electron chi connectivity index (χ2n) is 18.9. The zero-order valence-electron chi connectivity index (χ0n) is 38.5. The zero-order valence-corrected chi connectivity index (χ0v) is 39.3. The summed E-state index contributed by atoms with van der Waals surface area (Å²) in [4.78, 5) is 0. The second kappa shape index (κ2) is 17.8. The summed E-state index contributed by atoms with van der Waals surface area (Å²) >= 11 is 1.27. The number of aryl methyl sites for hydroxylation is 1. The Morgan fingerprint density at radius 1 is 0.446 bits per heavy atom. The second-order valence-corrected chi connectivity index (χ2v) is 19.5. The van der Waals surface area contributed by atoms with E-state index in [2.05, 4.69) is 142 Å². The molecule has 324 valence electrons. The first-order chi connectivity index (χ1) is 32.1. The lowest BCUT2D eigenvalue weighted by atomic mass is 9.53. The van der Waals surface area contributed by atoms with Gasteiger partial charge in [-0.1, -0.05) is 192 Å². The molecule has 13 rings (SSSR count). The van der Waals surface area contributed by atoms with Crippen LogP contribution in [0.1, 0.15) is 209 Å². The molecule has 6 aliphatic carbocycles. The molecule has 0 aliphatic heterocycles. The Labute approximate surface area is 390 Å². The molecule has 1 aromatic heterocycles. The molecule has 0 unspecified atom stereocenters. The highest BCUT2D eigenvalue weighted by atomic mass is 32.1. The third-order valence-electron chi connectivity index (χ3n) is 15.2. The number of unbranched alkanes of at least 4 members (excludes halogenated alkanes) is 11. The summed E-state index contributed by atoms with van der Waals surface area (Å²) in [7, 11) is 0. The van der Waals surface area contributed by atoms with Crippen molar-refractivity contribution < 1.29 is 4.74 Å². The predicted octanol–water partition coefficient (Wildman–Crippen LogP) is 15.1. The van der Waals surface area contributed by atoms with Crippen molar-refractivity contribution in [2.24, 2.45) is 0 Å². The van der Waals surface area contributed by atoms with E-state index in [0.29, 0.717) is 6.61 Å². The Morgan fingerprint density at radius 3 is 1.20 bits per heavy atom. The van der Waals surface area contributed by atoms with E-state index >= 15 is 0 Å². The van der Waals surface area contributed by atoms with Crippen LogP contribution in [0.25, 0.3) is 11.0 Å². The van der Waals surface area contributed by atoms with Crippen LogP contribution < -0.4 is 4.74 Å². The molecule has 0 saturated heterocycles. The van der Waals surface area contributed by atoms with E-state index < -0.39 is 0 Å². The van der Waals surface area contributed by atoms with Gasteiger partial charge in [0.25, 0.3) is 0 Å². The zero-order chi connectivity index (χ0) is 44.0. The van der Waals surface area contributed by atoms with Gasteiger partial charge in [-0.15, -0.1) is 5.92 Å². The fourth-order valence-electron chi connectivity index (χ4n) is 12.4. The molecule has 0 N–H and O–H groups in total. The van der Waals surface area contributed by atoms with E-state index in [4.69, 9.17) is 13.5 Å². The van der Waals surface area contributed by atoms with Crippen molar-refractivity contribution in [2.75, 3.05) is 6.61 Å². The van der Waals surface area contributed by atoms with E-state index in [0.717, 1.165) is 45.5 Å². The molecule has 0 fully saturated rings. The highest BCUT2D eigenvalue weighted by Gasteiger charge is 2.50. The number of hydrogen-bond donors (Lipinski definition) is 0. The first kappa shape index (κ1) is 41.7. The van der Waals surface area contributed by atoms with E-state index in [1.165, 1.54) is 155 Å². The van der Waals surface area contributed by atoms with Crippen LogP contribution in [0.5, 0.6) is 5.75 Å². The van der Waals surface area contributed by atoms with Gasteiger partial charge in [0.15, 0.2) is 0 Å². The van der Waals surface area contributed by atoms with Crippen molar-refractivity contribution in [1.82, 2.24) is 8.75 Å². The Morgan fingerprint density at radius 2 is 0.800 bits per heavy atom. The highest BCUT2D eigenvalue weighted by Crippen LogP contribution is 2.64. The molecule has 1 heterocycles. The van der Waals surface area contributed by atoms with Crippen LogP contribution in [0.15, 0.2) is 97.1 Å². The summed E-state index contributed by atoms with van der Waals surface area (Å²) in [6.45, 7) is 9.31. The smallest absolute Gasteiger partial charge is 0.128 e. The number of fused-ring (bicyclic) bond motifs is 1. The van der Waals surface area contributed by atoms with Gasteiger partial charge in [-0.05, 0) is 94.0 Å². The lowest BCUT2D eigenvalue weighted by molar-refractivity contribution is 0.301. The quantitative estimate of drug-likeness (QED) is 0.0807. The summed E-state index contributed by atoms with van der Waals surface area (Å²) in [6.07, 6.45) is 15.9. The van der Waals surface area contributed by atoms with Crippen molar-refractivity contribution in [1.29, 1.82) is 0 Å². The summed E-state index contributed by atoms with van der Waals surface area (Å²) < 4.78 is 16.5. The Bertz CT molecular complexity index is 2890. The van der Waals surface area contributed by atoms with Gasteiger partial charge in [0.05, 0.1) is 23.9 Å². The van der Waals surface area contributed by atoms with Crippen LogP contribution in [0.3, 0.4) is 0 Å². The molecule has 6 aromatic carbocycles. The summed E-state index contributed by atoms with van der Waals surface area (Å²) in [5.74, 6) is 16.3. The van der Waals surface area contributed by atoms with Crippen LogP contribution in [-0.4, -0.2) is 15.4 Å². The molecule has 0 saturated carbocycles. The standard InChI is InChI=1S/C61H58N2OS/c1-5-7-8-9-10-11-12-13-14-15-16-25-37-64-61-38(3)40(60-59(39(61)4)62-65-63-60)35-36-50-57-53-45-31-21-17-27-41(45)51(42-28-18-22-32-46(42)53)55(57)49(26-6-2)56-52-43-29-19-23-33-47(43)54(58(50)56)48-34-24-20-30-44(48)52/h17-24,27-34,51-54H,5,7-16,25,37H2,1-4H3/t51-,52-,53-,54-. The molecule has 0 amide bonds. The molecule has 4 bridgehead atoms. The van der Waals surface area contributed by atoms with E-state index in [9.17, 15) is 0 Å². The van der Waals surface area contributed by atoms with Crippen molar-refractivity contribution in [3.63, 3.8) is 0 Å². The molecule has 3 nitrogen and oxygen atoms in total. The number of ether oxygens (including phenoxy) is 1. The van der Waals surface area contributed by atoms with Crippen molar-refractivity contribution >= 4 is 22.8 Å². The topological polar surface area (TPSA) is 35.0 Å². The van der Waals surface area contributed by atoms with Crippen molar-refractivity contribution in [2.45, 2.75) is 128 Å². The van der Waals surface area contributed by atoms with Gasteiger partial charge in [-0.2, -0.15) is 8.75 Å². The fourth-order valence-corrected chi connectivity index (χ4v) is 13.0. The number of hydrogen-bond acceptors (Lipinski definition) is 4. The average molecular weight is 867 g/mol. The van der Waals surface area contributed by atoms with Crippen LogP contribution in [0.4, 0.5) is 0 Å². The Kier molecular flexibility index (Phi) is 11.4. The fraction of sp³-hybridized carbons (Fsp3) is 0.344. The minimum Gasteiger partial charge on any atom is -0.493 e. The lowest BCUT2D eigenvalue weighted by Crippen LogP contribution is -2.35. The molecule has 65 heavy (non-hydrogen) atoms. The number of aromatic nitrogens is 2. The Balaban J connectivity index is 1.02. The third-order valence-corrected chi connectivity index (χ3v) is 15.8. The van der Waals surface area contributed by atoms with Gasteiger partial charge < -0.3 is 4.74 Å². The molecular formula is C61H58N2OS. The molecule has 7 aromatic rings. The molecule has 6 aliphatic rings. The van der Waals surface area contributed by atoms with E-state index in [1.54, 1.807) is 0 Å². The van der Waals surface area contributed by atoms with Crippen LogP contribution in [0.2, 0.25) is 0 Å². The van der Waals surface area contributed by atoms with Crippen LogP contribution >= 0.6 is 11.7 Å². The van der Waals surface area contributed by atoms with E-state index in [-0.39, 0.29) is 23.7 Å². The summed E-state index contributed by atoms with van der Waals surface area (Å²) in [5, 5.41) is 0. The predicted molar refractivity (Wildman–Crippen MR) is 268 cm³/mol. The number of rotatable bonds is 14. The first-order valence-corrected chi connectivity index (χ1v) is 25.3. The SMILES string of the molecule is CC#Cc1c2c(c(C#Cc3c(C)c(OCCCCCCCCCCCCCC)c(C)c4nsnc34)c3c1[C@H]1c4ccccc4[C@H]3c3ccccc31)[C@H]1c3ccccc3[C@H]2c2ccccc21. The number of nitrogens with zero attached hydrogens (tertiary/aromatic N) is 2. The lowest BCUT2D eigenvalue weighted by Gasteiger charge is -2.48. The van der Waals surface area contributed by atoms with Gasteiger partial charge in [-0.3, -0.25) is 0 Å². The van der Waals surface area contributed by atoms with Crippen LogP contribution in [-0.2, 0) is 0 Å². The average Bonchev–Trinajstić information content (AvgIpc) is 3.84. The molecule has 0 spiro atoms. The molecule has 0 atom stereocenters. The van der Waals surface area contributed by atoms with Gasteiger partial charge in [0.1, 0.15) is 16.8 Å². The minimum atomic E-state index is 0.0369. The highest BCUT2D eigenvalue weighted by molar-refractivity contribution is 7.00. The monoisotopic (exact) mass is 866 g/mol. The maximum Gasteiger partial charge on any atom is 0.128 e. The summed E-state index contributed by atoms with van der Waals surface area (Å²) in [5.41, 5.74) is 23.6. The van der Waals surface area contributed by atoms with Gasteiger partial charge in [-0.25, -0.2) is 0 Å². The van der Waals surface area contributed by atoms with Gasteiger partial charge in [0, 0.05) is 45.9 Å². The Hall–Kier alpha value is -5.94. The largest absolute Gasteiger partial charge is 0.493 e. The molecular weight excluding hydrogens is 809 g/mol. The third kappa shape index (κ3) is 6.86.